The number of hydrogen-bond donors (Lipinski definition) is 0. The highest BCUT2D eigenvalue weighted by Gasteiger charge is 2.31. The van der Waals surface area contributed by atoms with Gasteiger partial charge in [0.25, 0.3) is 0 Å². The molecule has 33 heavy (non-hydrogen) atoms. The van der Waals surface area contributed by atoms with E-state index < -0.39 is 5.97 Å². The van der Waals surface area contributed by atoms with Crippen molar-refractivity contribution in [3.63, 3.8) is 0 Å². The minimum absolute atomic E-state index is 0.214. The molecule has 0 fully saturated rings. The standard InChI is InChI=1S/C27H21NO5/c1-16-23(33-27(30)17-7-5-4-6-8-17)12-10-20-25(29)24(32-26(16)20)13-18-15-28(2)22-11-9-19(31-3)14-21(18)22/h4-15H,1-3H3. The summed E-state index contributed by atoms with van der Waals surface area (Å²) >= 11 is 0. The summed E-state index contributed by atoms with van der Waals surface area (Å²) in [6, 6.07) is 17.8. The first-order valence-electron chi connectivity index (χ1n) is 10.4. The van der Waals surface area contributed by atoms with E-state index in [0.717, 1.165) is 22.2 Å². The number of ether oxygens (including phenoxy) is 3. The molecule has 4 aromatic rings. The molecule has 1 aliphatic heterocycles. The van der Waals surface area contributed by atoms with Crippen LogP contribution >= 0.6 is 0 Å². The van der Waals surface area contributed by atoms with Gasteiger partial charge in [-0.05, 0) is 55.5 Å². The highest BCUT2D eigenvalue weighted by Crippen LogP contribution is 2.40. The molecule has 6 heteroatoms. The minimum Gasteiger partial charge on any atom is -0.497 e. The van der Waals surface area contributed by atoms with E-state index in [-0.39, 0.29) is 11.5 Å². The van der Waals surface area contributed by atoms with E-state index in [0.29, 0.717) is 28.2 Å². The molecule has 164 valence electrons. The van der Waals surface area contributed by atoms with Crippen molar-refractivity contribution in [2.45, 2.75) is 6.92 Å². The molecule has 1 aliphatic rings. The Labute approximate surface area is 190 Å². The number of carbonyl (C=O) groups is 2. The van der Waals surface area contributed by atoms with Crippen LogP contribution in [0.4, 0.5) is 0 Å². The van der Waals surface area contributed by atoms with Gasteiger partial charge in [0.05, 0.1) is 18.2 Å². The number of carbonyl (C=O) groups excluding carboxylic acids is 2. The third-order valence-electron chi connectivity index (χ3n) is 5.76. The Morgan fingerprint density at radius 3 is 2.61 bits per heavy atom. The number of fused-ring (bicyclic) bond motifs is 2. The fourth-order valence-electron chi connectivity index (χ4n) is 4.00. The number of benzene rings is 3. The zero-order valence-corrected chi connectivity index (χ0v) is 18.4. The number of methoxy groups -OCH3 is 1. The molecule has 1 aromatic heterocycles. The van der Waals surface area contributed by atoms with E-state index >= 15 is 0 Å². The Bertz CT molecular complexity index is 1450. The third kappa shape index (κ3) is 3.55. The van der Waals surface area contributed by atoms with Crippen LogP contribution in [-0.2, 0) is 7.05 Å². The molecule has 0 N–H and O–H groups in total. The zero-order chi connectivity index (χ0) is 23.1. The number of ketones is 1. The summed E-state index contributed by atoms with van der Waals surface area (Å²) in [5, 5.41) is 0.950. The summed E-state index contributed by atoms with van der Waals surface area (Å²) in [6.07, 6.45) is 3.68. The van der Waals surface area contributed by atoms with Crippen molar-refractivity contribution in [3.05, 3.63) is 94.9 Å². The summed E-state index contributed by atoms with van der Waals surface area (Å²) in [4.78, 5) is 25.5. The van der Waals surface area contributed by atoms with Crippen LogP contribution < -0.4 is 14.2 Å². The van der Waals surface area contributed by atoms with Crippen LogP contribution in [0, 0.1) is 6.92 Å². The number of hydrogen-bond acceptors (Lipinski definition) is 5. The van der Waals surface area contributed by atoms with Gasteiger partial charge in [-0.2, -0.15) is 0 Å². The number of allylic oxidation sites excluding steroid dienone is 1. The smallest absolute Gasteiger partial charge is 0.343 e. The lowest BCUT2D eigenvalue weighted by Gasteiger charge is -2.10. The van der Waals surface area contributed by atoms with Gasteiger partial charge in [-0.15, -0.1) is 0 Å². The van der Waals surface area contributed by atoms with Crippen LogP contribution in [0.1, 0.15) is 31.8 Å². The van der Waals surface area contributed by atoms with Gasteiger partial charge in [-0.1, -0.05) is 18.2 Å². The fraction of sp³-hybridized carbons (Fsp3) is 0.111. The Hall–Kier alpha value is -4.32. The van der Waals surface area contributed by atoms with Crippen LogP contribution in [0.2, 0.25) is 0 Å². The SMILES string of the molecule is COc1ccc2c(c1)c(C=C1Oc3c(ccc(OC(=O)c4ccccc4)c3C)C1=O)cn2C. The molecule has 0 saturated carbocycles. The van der Waals surface area contributed by atoms with Crippen molar-refractivity contribution in [2.24, 2.45) is 7.05 Å². The Balaban J connectivity index is 1.48. The lowest BCUT2D eigenvalue weighted by molar-refractivity contribution is 0.0733. The minimum atomic E-state index is -0.469. The Morgan fingerprint density at radius 1 is 1.06 bits per heavy atom. The first-order chi connectivity index (χ1) is 16.0. The van der Waals surface area contributed by atoms with Crippen molar-refractivity contribution < 1.29 is 23.8 Å². The summed E-state index contributed by atoms with van der Waals surface area (Å²) in [6.45, 7) is 1.77. The molecule has 2 heterocycles. The van der Waals surface area contributed by atoms with Crippen LogP contribution in [0.5, 0.6) is 17.2 Å². The number of esters is 1. The molecule has 6 nitrogen and oxygen atoms in total. The number of nitrogens with zero attached hydrogens (tertiary/aromatic N) is 1. The van der Waals surface area contributed by atoms with E-state index in [1.54, 1.807) is 56.5 Å². The molecule has 3 aromatic carbocycles. The molecule has 0 aliphatic carbocycles. The lowest BCUT2D eigenvalue weighted by Crippen LogP contribution is -2.09. The third-order valence-corrected chi connectivity index (χ3v) is 5.76. The second-order valence-electron chi connectivity index (χ2n) is 7.84. The number of aryl methyl sites for hydroxylation is 1. The van der Waals surface area contributed by atoms with Crippen molar-refractivity contribution in [1.29, 1.82) is 0 Å². The molecular weight excluding hydrogens is 418 g/mol. The molecule has 0 spiro atoms. The summed E-state index contributed by atoms with van der Waals surface area (Å²) < 4.78 is 18.9. The van der Waals surface area contributed by atoms with Gasteiger partial charge in [0.2, 0.25) is 5.78 Å². The first kappa shape index (κ1) is 20.6. The Kier molecular flexibility index (Phi) is 4.98. The molecule has 0 radical (unpaired) electrons. The highest BCUT2D eigenvalue weighted by atomic mass is 16.5. The van der Waals surface area contributed by atoms with Gasteiger partial charge in [-0.3, -0.25) is 4.79 Å². The maximum absolute atomic E-state index is 13.0. The second-order valence-corrected chi connectivity index (χ2v) is 7.84. The largest absolute Gasteiger partial charge is 0.497 e. The van der Waals surface area contributed by atoms with Gasteiger partial charge < -0.3 is 18.8 Å². The van der Waals surface area contributed by atoms with Crippen molar-refractivity contribution in [1.82, 2.24) is 4.57 Å². The molecule has 0 saturated heterocycles. The Morgan fingerprint density at radius 2 is 1.85 bits per heavy atom. The highest BCUT2D eigenvalue weighted by molar-refractivity contribution is 6.15. The van der Waals surface area contributed by atoms with E-state index in [4.69, 9.17) is 14.2 Å². The second kappa shape index (κ2) is 7.98. The van der Waals surface area contributed by atoms with Crippen LogP contribution in [0.15, 0.2) is 72.6 Å². The van der Waals surface area contributed by atoms with Crippen molar-refractivity contribution in [3.8, 4) is 17.2 Å². The van der Waals surface area contributed by atoms with Crippen LogP contribution in [-0.4, -0.2) is 23.4 Å². The summed E-state index contributed by atoms with van der Waals surface area (Å²) in [5.74, 6) is 1.03. The van der Waals surface area contributed by atoms with Crippen LogP contribution in [0.25, 0.3) is 17.0 Å². The number of Topliss-reactive ketones (excluding diaryl/α,β-unsaturated/α-hetero) is 1. The summed E-state index contributed by atoms with van der Waals surface area (Å²) in [7, 11) is 3.56. The molecule has 0 bridgehead atoms. The molecule has 0 amide bonds. The maximum Gasteiger partial charge on any atom is 0.343 e. The lowest BCUT2D eigenvalue weighted by atomic mass is 10.1. The van der Waals surface area contributed by atoms with Gasteiger partial charge in [0.15, 0.2) is 5.76 Å². The van der Waals surface area contributed by atoms with Crippen LogP contribution in [0.3, 0.4) is 0 Å². The van der Waals surface area contributed by atoms with Gasteiger partial charge >= 0.3 is 5.97 Å². The topological polar surface area (TPSA) is 66.8 Å². The molecular formula is C27H21NO5. The maximum atomic E-state index is 13.0. The number of rotatable bonds is 4. The van der Waals surface area contributed by atoms with Gasteiger partial charge in [0, 0.05) is 35.3 Å². The quantitative estimate of drug-likeness (QED) is 0.244. The average molecular weight is 439 g/mol. The summed E-state index contributed by atoms with van der Waals surface area (Å²) in [5.41, 5.74) is 3.33. The predicted molar refractivity (Wildman–Crippen MR) is 125 cm³/mol. The first-order valence-corrected chi connectivity index (χ1v) is 10.4. The normalized spacial score (nSPS) is 13.8. The molecule has 5 rings (SSSR count). The van der Waals surface area contributed by atoms with E-state index in [1.807, 2.05) is 42.1 Å². The number of aromatic nitrogens is 1. The predicted octanol–water partition coefficient (Wildman–Crippen LogP) is 5.33. The average Bonchev–Trinajstić information content (AvgIpc) is 3.32. The van der Waals surface area contributed by atoms with E-state index in [9.17, 15) is 9.59 Å². The zero-order valence-electron chi connectivity index (χ0n) is 18.4. The molecule has 0 unspecified atom stereocenters. The molecule has 0 atom stereocenters. The van der Waals surface area contributed by atoms with E-state index in [2.05, 4.69) is 0 Å². The fourth-order valence-corrected chi connectivity index (χ4v) is 4.00. The van der Waals surface area contributed by atoms with Gasteiger partial charge in [0.1, 0.15) is 17.2 Å². The van der Waals surface area contributed by atoms with Crippen molar-refractivity contribution in [2.75, 3.05) is 7.11 Å². The monoisotopic (exact) mass is 439 g/mol. The van der Waals surface area contributed by atoms with E-state index in [1.165, 1.54) is 0 Å². The van der Waals surface area contributed by atoms with Gasteiger partial charge in [-0.25, -0.2) is 4.79 Å². The van der Waals surface area contributed by atoms with Crippen molar-refractivity contribution >= 4 is 28.7 Å².